The van der Waals surface area contributed by atoms with Gasteiger partial charge in [0.15, 0.2) is 0 Å². The van der Waals surface area contributed by atoms with Crippen LogP contribution < -0.4 is 5.56 Å². The van der Waals surface area contributed by atoms with Gasteiger partial charge in [-0.15, -0.1) is 11.3 Å². The molecule has 1 fully saturated rings. The summed E-state index contributed by atoms with van der Waals surface area (Å²) < 4.78 is 1.27. The summed E-state index contributed by atoms with van der Waals surface area (Å²) in [5.74, 6) is 1.28. The minimum absolute atomic E-state index is 0.0556. The van der Waals surface area contributed by atoms with Crippen LogP contribution in [0.3, 0.4) is 0 Å². The van der Waals surface area contributed by atoms with E-state index in [1.807, 2.05) is 41.7 Å². The van der Waals surface area contributed by atoms with E-state index in [0.29, 0.717) is 17.8 Å². The SMILES string of the molecule is O=c1[nH]c(CN2CCC(c3nc4ccccc4s3)CC2)nc2ccccc12. The average Bonchev–Trinajstić information content (AvgIpc) is 3.13. The third-order valence-corrected chi connectivity index (χ3v) is 6.48. The largest absolute Gasteiger partial charge is 0.309 e. The van der Waals surface area contributed by atoms with Crippen molar-refractivity contribution in [3.8, 4) is 0 Å². The third kappa shape index (κ3) is 3.26. The zero-order valence-electron chi connectivity index (χ0n) is 14.9. The summed E-state index contributed by atoms with van der Waals surface area (Å²) in [4.78, 5) is 27.0. The number of hydrogen-bond acceptors (Lipinski definition) is 5. The Balaban J connectivity index is 1.29. The van der Waals surface area contributed by atoms with Crippen LogP contribution in [0.5, 0.6) is 0 Å². The number of benzene rings is 2. The minimum Gasteiger partial charge on any atom is -0.309 e. The number of piperidine rings is 1. The predicted octanol–water partition coefficient (Wildman–Crippen LogP) is 3.91. The molecule has 27 heavy (non-hydrogen) atoms. The lowest BCUT2D eigenvalue weighted by molar-refractivity contribution is 0.200. The highest BCUT2D eigenvalue weighted by Gasteiger charge is 2.23. The fourth-order valence-electron chi connectivity index (χ4n) is 3.82. The van der Waals surface area contributed by atoms with Crippen LogP contribution in [0.15, 0.2) is 53.3 Å². The fraction of sp³-hybridized carbons (Fsp3) is 0.286. The predicted molar refractivity (Wildman–Crippen MR) is 109 cm³/mol. The molecule has 1 saturated heterocycles. The zero-order chi connectivity index (χ0) is 18.2. The molecule has 0 unspecified atom stereocenters. The van der Waals surface area contributed by atoms with E-state index in [1.54, 1.807) is 0 Å². The summed E-state index contributed by atoms with van der Waals surface area (Å²) in [6, 6.07) is 15.9. The van der Waals surface area contributed by atoms with Crippen molar-refractivity contribution < 1.29 is 0 Å². The van der Waals surface area contributed by atoms with Crippen LogP contribution in [0.1, 0.15) is 29.6 Å². The van der Waals surface area contributed by atoms with Crippen LogP contribution >= 0.6 is 11.3 Å². The van der Waals surface area contributed by atoms with Crippen LogP contribution in [-0.4, -0.2) is 32.9 Å². The number of aromatic nitrogens is 3. The molecule has 0 spiro atoms. The molecular weight excluding hydrogens is 356 g/mol. The summed E-state index contributed by atoms with van der Waals surface area (Å²) in [7, 11) is 0. The monoisotopic (exact) mass is 376 g/mol. The second kappa shape index (κ2) is 6.87. The second-order valence-corrected chi connectivity index (χ2v) is 8.16. The molecule has 0 bridgehead atoms. The van der Waals surface area contributed by atoms with Gasteiger partial charge in [-0.1, -0.05) is 24.3 Å². The van der Waals surface area contributed by atoms with Crippen LogP contribution in [-0.2, 0) is 6.54 Å². The van der Waals surface area contributed by atoms with E-state index in [-0.39, 0.29) is 5.56 Å². The van der Waals surface area contributed by atoms with Gasteiger partial charge in [0.25, 0.3) is 5.56 Å². The molecule has 5 rings (SSSR count). The van der Waals surface area contributed by atoms with E-state index in [9.17, 15) is 4.79 Å². The number of nitrogens with one attached hydrogen (secondary N) is 1. The number of thiazole rings is 1. The van der Waals surface area contributed by atoms with Crippen LogP contribution in [0.25, 0.3) is 21.1 Å². The molecule has 0 aliphatic carbocycles. The van der Waals surface area contributed by atoms with Crippen molar-refractivity contribution in [3.05, 3.63) is 69.7 Å². The molecule has 3 heterocycles. The van der Waals surface area contributed by atoms with E-state index >= 15 is 0 Å². The van der Waals surface area contributed by atoms with Crippen molar-refractivity contribution in [1.82, 2.24) is 19.9 Å². The topological polar surface area (TPSA) is 61.9 Å². The Morgan fingerprint density at radius 1 is 1.00 bits per heavy atom. The Morgan fingerprint density at radius 2 is 1.74 bits per heavy atom. The highest BCUT2D eigenvalue weighted by molar-refractivity contribution is 7.18. The number of rotatable bonds is 3. The Kier molecular flexibility index (Phi) is 4.22. The van der Waals surface area contributed by atoms with E-state index in [1.165, 1.54) is 9.71 Å². The van der Waals surface area contributed by atoms with Crippen molar-refractivity contribution in [2.24, 2.45) is 0 Å². The first-order chi connectivity index (χ1) is 13.3. The summed E-state index contributed by atoms with van der Waals surface area (Å²) in [5.41, 5.74) is 1.82. The summed E-state index contributed by atoms with van der Waals surface area (Å²) >= 11 is 1.82. The Morgan fingerprint density at radius 3 is 2.56 bits per heavy atom. The van der Waals surface area contributed by atoms with Crippen LogP contribution in [0.2, 0.25) is 0 Å². The van der Waals surface area contributed by atoms with E-state index < -0.39 is 0 Å². The molecular formula is C21H20N4OS. The average molecular weight is 376 g/mol. The third-order valence-electron chi connectivity index (χ3n) is 5.28. The van der Waals surface area contributed by atoms with Gasteiger partial charge in [-0.3, -0.25) is 9.69 Å². The lowest BCUT2D eigenvalue weighted by Gasteiger charge is -2.30. The van der Waals surface area contributed by atoms with Crippen molar-refractivity contribution in [1.29, 1.82) is 0 Å². The van der Waals surface area contributed by atoms with Gasteiger partial charge in [0, 0.05) is 5.92 Å². The summed E-state index contributed by atoms with van der Waals surface area (Å²) in [6.45, 7) is 2.68. The first-order valence-electron chi connectivity index (χ1n) is 9.32. The fourth-order valence-corrected chi connectivity index (χ4v) is 4.96. The Labute approximate surface area is 160 Å². The molecule has 0 atom stereocenters. The molecule has 1 aliphatic heterocycles. The molecule has 1 aliphatic rings. The van der Waals surface area contributed by atoms with Crippen molar-refractivity contribution in [3.63, 3.8) is 0 Å². The minimum atomic E-state index is -0.0556. The second-order valence-electron chi connectivity index (χ2n) is 7.10. The first kappa shape index (κ1) is 16.6. The lowest BCUT2D eigenvalue weighted by atomic mass is 9.97. The van der Waals surface area contributed by atoms with Crippen molar-refractivity contribution in [2.75, 3.05) is 13.1 Å². The number of hydrogen-bond donors (Lipinski definition) is 1. The highest BCUT2D eigenvalue weighted by Crippen LogP contribution is 2.33. The quantitative estimate of drug-likeness (QED) is 0.589. The molecule has 2 aromatic heterocycles. The van der Waals surface area contributed by atoms with Gasteiger partial charge in [0.05, 0.1) is 32.7 Å². The van der Waals surface area contributed by atoms with Gasteiger partial charge in [-0.05, 0) is 50.2 Å². The van der Waals surface area contributed by atoms with E-state index in [2.05, 4.69) is 33.1 Å². The maximum atomic E-state index is 12.2. The van der Waals surface area contributed by atoms with Gasteiger partial charge in [-0.25, -0.2) is 9.97 Å². The van der Waals surface area contributed by atoms with E-state index in [0.717, 1.165) is 42.8 Å². The van der Waals surface area contributed by atoms with Gasteiger partial charge in [0.2, 0.25) is 0 Å². The van der Waals surface area contributed by atoms with Crippen LogP contribution in [0, 0.1) is 0 Å². The zero-order valence-corrected chi connectivity index (χ0v) is 15.7. The van der Waals surface area contributed by atoms with Crippen molar-refractivity contribution >= 4 is 32.5 Å². The molecule has 0 radical (unpaired) electrons. The normalized spacial score (nSPS) is 16.3. The maximum Gasteiger partial charge on any atom is 0.258 e. The highest BCUT2D eigenvalue weighted by atomic mass is 32.1. The number of nitrogens with zero attached hydrogens (tertiary/aromatic N) is 3. The lowest BCUT2D eigenvalue weighted by Crippen LogP contribution is -2.33. The van der Waals surface area contributed by atoms with Gasteiger partial charge < -0.3 is 4.98 Å². The molecule has 1 N–H and O–H groups in total. The van der Waals surface area contributed by atoms with Gasteiger partial charge in [-0.2, -0.15) is 0 Å². The van der Waals surface area contributed by atoms with Gasteiger partial charge in [0.1, 0.15) is 5.82 Å². The molecule has 0 saturated carbocycles. The number of para-hydroxylation sites is 2. The van der Waals surface area contributed by atoms with Crippen molar-refractivity contribution in [2.45, 2.75) is 25.3 Å². The van der Waals surface area contributed by atoms with Crippen LogP contribution in [0.4, 0.5) is 0 Å². The number of aromatic amines is 1. The number of likely N-dealkylation sites (tertiary alicyclic amines) is 1. The smallest absolute Gasteiger partial charge is 0.258 e. The molecule has 4 aromatic rings. The summed E-state index contributed by atoms with van der Waals surface area (Å²) in [6.07, 6.45) is 2.19. The standard InChI is InChI=1S/C21H20N4OS/c26-20-15-5-1-2-6-16(15)22-19(24-20)13-25-11-9-14(10-12-25)21-23-17-7-3-4-8-18(17)27-21/h1-8,14H,9-13H2,(H,22,24,26). The maximum absolute atomic E-state index is 12.2. The number of fused-ring (bicyclic) bond motifs is 2. The molecule has 0 amide bonds. The molecule has 5 nitrogen and oxygen atoms in total. The Hall–Kier alpha value is -2.57. The van der Waals surface area contributed by atoms with E-state index in [4.69, 9.17) is 4.98 Å². The Bertz CT molecular complexity index is 1120. The molecule has 136 valence electrons. The van der Waals surface area contributed by atoms with Gasteiger partial charge >= 0.3 is 0 Å². The first-order valence-corrected chi connectivity index (χ1v) is 10.1. The summed E-state index contributed by atoms with van der Waals surface area (Å²) in [5, 5.41) is 1.91. The molecule has 2 aromatic carbocycles. The number of H-pyrrole nitrogens is 1. The molecule has 6 heteroatoms.